The molecule has 108 valence electrons. The van der Waals surface area contributed by atoms with Gasteiger partial charge in [0.25, 0.3) is 0 Å². The summed E-state index contributed by atoms with van der Waals surface area (Å²) in [6.07, 6.45) is 2.88. The Morgan fingerprint density at radius 3 is 2.68 bits per heavy atom. The lowest BCUT2D eigenvalue weighted by atomic mass is 10.0. The number of carbonyl (C=O) groups is 1. The zero-order valence-electron chi connectivity index (χ0n) is 12.8. The summed E-state index contributed by atoms with van der Waals surface area (Å²) in [5.41, 5.74) is 1.00. The predicted octanol–water partition coefficient (Wildman–Crippen LogP) is 2.46. The highest BCUT2D eigenvalue weighted by molar-refractivity contribution is 5.76. The highest BCUT2D eigenvalue weighted by Gasteiger charge is 2.18. The number of carbonyl (C=O) groups excluding carboxylic acids is 1. The van der Waals surface area contributed by atoms with Crippen molar-refractivity contribution in [2.24, 2.45) is 0 Å². The van der Waals surface area contributed by atoms with Gasteiger partial charge >= 0.3 is 0 Å². The summed E-state index contributed by atoms with van der Waals surface area (Å²) in [7, 11) is 0. The Balaban J connectivity index is 2.67. The summed E-state index contributed by atoms with van der Waals surface area (Å²) in [5.74, 6) is 0.0630. The third-order valence-corrected chi connectivity index (χ3v) is 3.49. The predicted molar refractivity (Wildman–Crippen MR) is 79.0 cm³/mol. The largest absolute Gasteiger partial charge is 0.350 e. The molecule has 0 aliphatic rings. The van der Waals surface area contributed by atoms with Crippen LogP contribution in [0.15, 0.2) is 18.3 Å². The Morgan fingerprint density at radius 1 is 1.42 bits per heavy atom. The Labute approximate surface area is 116 Å². The molecule has 0 bridgehead atoms. The smallest absolute Gasteiger partial charge is 0.240 e. The lowest BCUT2D eigenvalue weighted by molar-refractivity contribution is -0.123. The van der Waals surface area contributed by atoms with E-state index in [0.717, 1.165) is 18.7 Å². The van der Waals surface area contributed by atoms with Crippen molar-refractivity contribution in [1.29, 1.82) is 0 Å². The lowest BCUT2D eigenvalue weighted by Crippen LogP contribution is -2.44. The van der Waals surface area contributed by atoms with Gasteiger partial charge in [0.2, 0.25) is 5.91 Å². The van der Waals surface area contributed by atoms with Crippen LogP contribution in [0, 0.1) is 0 Å². The minimum absolute atomic E-state index is 0.0630. The van der Waals surface area contributed by atoms with E-state index < -0.39 is 0 Å². The van der Waals surface area contributed by atoms with E-state index in [2.05, 4.69) is 37.5 Å². The molecular weight excluding hydrogens is 238 g/mol. The first-order chi connectivity index (χ1) is 8.89. The van der Waals surface area contributed by atoms with Crippen molar-refractivity contribution < 1.29 is 4.79 Å². The van der Waals surface area contributed by atoms with Gasteiger partial charge in [-0.25, -0.2) is 0 Å². The van der Waals surface area contributed by atoms with Crippen LogP contribution >= 0.6 is 0 Å². The monoisotopic (exact) mass is 265 g/mol. The molecular formula is C15H27N3O. The fourth-order valence-corrected chi connectivity index (χ4v) is 2.04. The quantitative estimate of drug-likeness (QED) is 0.795. The van der Waals surface area contributed by atoms with Gasteiger partial charge < -0.3 is 15.2 Å². The van der Waals surface area contributed by atoms with E-state index in [1.165, 1.54) is 0 Å². The van der Waals surface area contributed by atoms with Crippen LogP contribution in [0.3, 0.4) is 0 Å². The van der Waals surface area contributed by atoms with E-state index in [-0.39, 0.29) is 17.5 Å². The standard InChI is InChI=1S/C15H27N3O/c1-6-15(4,5)17-14(19)11-18-10-8-9-13(18)12(3)16-7-2/h8-10,12,16H,6-7,11H2,1-5H3,(H,17,19). The second-order valence-corrected chi connectivity index (χ2v) is 5.63. The molecule has 1 rings (SSSR count). The zero-order valence-corrected chi connectivity index (χ0v) is 12.8. The summed E-state index contributed by atoms with van der Waals surface area (Å²) >= 11 is 0. The SMILES string of the molecule is CCNC(C)c1cccn1CC(=O)NC(C)(C)CC. The number of rotatable bonds is 7. The summed E-state index contributed by atoms with van der Waals surface area (Å²) in [4.78, 5) is 12.1. The highest BCUT2D eigenvalue weighted by atomic mass is 16.2. The normalized spacial score (nSPS) is 13.3. The molecule has 0 fully saturated rings. The van der Waals surface area contributed by atoms with Crippen molar-refractivity contribution in [2.45, 2.75) is 59.2 Å². The van der Waals surface area contributed by atoms with Gasteiger partial charge in [-0.2, -0.15) is 0 Å². The molecule has 0 saturated heterocycles. The summed E-state index contributed by atoms with van der Waals surface area (Å²) in [6.45, 7) is 11.7. The van der Waals surface area contributed by atoms with Crippen molar-refractivity contribution in [3.05, 3.63) is 24.0 Å². The summed E-state index contributed by atoms with van der Waals surface area (Å²) < 4.78 is 2.01. The molecule has 19 heavy (non-hydrogen) atoms. The topological polar surface area (TPSA) is 46.1 Å². The molecule has 0 aliphatic carbocycles. The first kappa shape index (κ1) is 15.8. The molecule has 1 heterocycles. The van der Waals surface area contributed by atoms with Gasteiger partial charge in [-0.3, -0.25) is 4.79 Å². The molecule has 4 heteroatoms. The minimum Gasteiger partial charge on any atom is -0.350 e. The van der Waals surface area contributed by atoms with Gasteiger partial charge in [0, 0.05) is 23.5 Å². The molecule has 0 saturated carbocycles. The third-order valence-electron chi connectivity index (χ3n) is 3.49. The van der Waals surface area contributed by atoms with Gasteiger partial charge in [0.1, 0.15) is 6.54 Å². The Kier molecular flexibility index (Phi) is 5.60. The van der Waals surface area contributed by atoms with Gasteiger partial charge in [-0.1, -0.05) is 13.8 Å². The number of amides is 1. The Morgan fingerprint density at radius 2 is 2.11 bits per heavy atom. The van der Waals surface area contributed by atoms with E-state index in [1.807, 2.05) is 30.7 Å². The van der Waals surface area contributed by atoms with Crippen molar-refractivity contribution >= 4 is 5.91 Å². The molecule has 1 atom stereocenters. The van der Waals surface area contributed by atoms with Crippen LogP contribution in [0.5, 0.6) is 0 Å². The molecule has 1 aromatic rings. The van der Waals surface area contributed by atoms with E-state index in [0.29, 0.717) is 6.54 Å². The van der Waals surface area contributed by atoms with Crippen LogP contribution < -0.4 is 10.6 Å². The average molecular weight is 265 g/mol. The number of nitrogens with zero attached hydrogens (tertiary/aromatic N) is 1. The molecule has 1 aromatic heterocycles. The summed E-state index contributed by atoms with van der Waals surface area (Å²) in [5, 5.41) is 6.43. The Bertz CT molecular complexity index is 409. The van der Waals surface area contributed by atoms with E-state index in [9.17, 15) is 4.79 Å². The van der Waals surface area contributed by atoms with Crippen LogP contribution in [0.4, 0.5) is 0 Å². The van der Waals surface area contributed by atoms with Crippen LogP contribution in [0.1, 0.15) is 52.8 Å². The third kappa shape index (κ3) is 4.71. The number of hydrogen-bond acceptors (Lipinski definition) is 2. The fraction of sp³-hybridized carbons (Fsp3) is 0.667. The zero-order chi connectivity index (χ0) is 14.5. The van der Waals surface area contributed by atoms with Crippen molar-refractivity contribution in [3.63, 3.8) is 0 Å². The van der Waals surface area contributed by atoms with E-state index in [4.69, 9.17) is 0 Å². The molecule has 1 amide bonds. The first-order valence-corrected chi connectivity index (χ1v) is 7.09. The highest BCUT2D eigenvalue weighted by Crippen LogP contribution is 2.13. The maximum absolute atomic E-state index is 12.1. The molecule has 1 unspecified atom stereocenters. The van der Waals surface area contributed by atoms with E-state index >= 15 is 0 Å². The van der Waals surface area contributed by atoms with Crippen molar-refractivity contribution in [1.82, 2.24) is 15.2 Å². The van der Waals surface area contributed by atoms with Crippen LogP contribution in [0.25, 0.3) is 0 Å². The molecule has 4 nitrogen and oxygen atoms in total. The summed E-state index contributed by atoms with van der Waals surface area (Å²) in [6, 6.07) is 4.31. The second kappa shape index (κ2) is 6.75. The second-order valence-electron chi connectivity index (χ2n) is 5.63. The molecule has 2 N–H and O–H groups in total. The average Bonchev–Trinajstić information content (AvgIpc) is 2.76. The molecule has 0 radical (unpaired) electrons. The lowest BCUT2D eigenvalue weighted by Gasteiger charge is -2.25. The Hall–Kier alpha value is -1.29. The molecule has 0 aliphatic heterocycles. The van der Waals surface area contributed by atoms with Crippen LogP contribution in [-0.2, 0) is 11.3 Å². The number of nitrogens with one attached hydrogen (secondary N) is 2. The maximum Gasteiger partial charge on any atom is 0.240 e. The van der Waals surface area contributed by atoms with Gasteiger partial charge in [0.15, 0.2) is 0 Å². The van der Waals surface area contributed by atoms with Gasteiger partial charge in [0.05, 0.1) is 0 Å². The number of aromatic nitrogens is 1. The van der Waals surface area contributed by atoms with E-state index in [1.54, 1.807) is 0 Å². The molecule has 0 spiro atoms. The minimum atomic E-state index is -0.141. The fourth-order valence-electron chi connectivity index (χ4n) is 2.04. The number of hydrogen-bond donors (Lipinski definition) is 2. The molecule has 0 aromatic carbocycles. The van der Waals surface area contributed by atoms with Gasteiger partial charge in [-0.05, 0) is 45.9 Å². The van der Waals surface area contributed by atoms with Crippen molar-refractivity contribution in [2.75, 3.05) is 6.54 Å². The van der Waals surface area contributed by atoms with Crippen LogP contribution in [0.2, 0.25) is 0 Å². The van der Waals surface area contributed by atoms with Gasteiger partial charge in [-0.15, -0.1) is 0 Å². The van der Waals surface area contributed by atoms with Crippen LogP contribution in [-0.4, -0.2) is 22.6 Å². The van der Waals surface area contributed by atoms with Crippen molar-refractivity contribution in [3.8, 4) is 0 Å². The maximum atomic E-state index is 12.1. The first-order valence-electron chi connectivity index (χ1n) is 7.09.